The van der Waals surface area contributed by atoms with Crippen LogP contribution in [0.1, 0.15) is 51.4 Å². The van der Waals surface area contributed by atoms with Crippen LogP contribution in [0.2, 0.25) is 0 Å². The van der Waals surface area contributed by atoms with Crippen LogP contribution in [0.5, 0.6) is 0 Å². The summed E-state index contributed by atoms with van der Waals surface area (Å²) in [6.07, 6.45) is 12.0. The van der Waals surface area contributed by atoms with Gasteiger partial charge in [-0.25, -0.2) is 0 Å². The number of hydrogen-bond donors (Lipinski definition) is 1. The van der Waals surface area contributed by atoms with E-state index in [1.54, 1.807) is 18.2 Å². The van der Waals surface area contributed by atoms with E-state index in [9.17, 15) is 8.42 Å². The van der Waals surface area contributed by atoms with Crippen LogP contribution in [0.25, 0.3) is 0 Å². The van der Waals surface area contributed by atoms with Crippen molar-refractivity contribution in [3.63, 3.8) is 0 Å². The lowest BCUT2D eigenvalue weighted by molar-refractivity contribution is -0.938. The average Bonchev–Trinajstić information content (AvgIpc) is 2.57. The van der Waals surface area contributed by atoms with Gasteiger partial charge in [-0.2, -0.15) is 8.42 Å². The third kappa shape index (κ3) is 5.59. The molecule has 1 aromatic carbocycles. The minimum Gasteiger partial charge on any atom is -0.324 e. The smallest absolute Gasteiger partial charge is 0.294 e. The lowest BCUT2D eigenvalue weighted by Crippen LogP contribution is -2.55. The number of likely N-dealkylation sites (tertiary alicyclic amines) is 1. The van der Waals surface area contributed by atoms with E-state index in [1.807, 2.05) is 0 Å². The van der Waals surface area contributed by atoms with E-state index in [0.717, 1.165) is 6.04 Å². The molecule has 5 heteroatoms. The number of rotatable bonds is 2. The minimum atomic E-state index is -4.00. The molecule has 23 heavy (non-hydrogen) atoms. The molecule has 0 unspecified atom stereocenters. The summed E-state index contributed by atoms with van der Waals surface area (Å²) in [6.45, 7) is 2.93. The molecule has 3 rings (SSSR count). The molecule has 130 valence electrons. The predicted octanol–water partition coefficient (Wildman–Crippen LogP) is 3.88. The number of nitrogens with zero attached hydrogens (tertiary/aromatic N) is 1. The largest absolute Gasteiger partial charge is 0.324 e. The fraction of sp³-hybridized carbons (Fsp3) is 0.667. The summed E-state index contributed by atoms with van der Waals surface area (Å²) < 4.78 is 30.7. The predicted molar refractivity (Wildman–Crippen MR) is 92.9 cm³/mol. The Balaban J connectivity index is 0.000000174. The van der Waals surface area contributed by atoms with Gasteiger partial charge < -0.3 is 4.48 Å². The summed E-state index contributed by atoms with van der Waals surface area (Å²) in [7, 11) is -1.49. The van der Waals surface area contributed by atoms with Gasteiger partial charge in [-0.3, -0.25) is 4.55 Å². The normalized spacial score (nSPS) is 22.0. The van der Waals surface area contributed by atoms with E-state index in [2.05, 4.69) is 7.05 Å². The quantitative estimate of drug-likeness (QED) is 0.656. The number of piperidine rings is 1. The molecule has 1 aliphatic carbocycles. The molecule has 1 aromatic rings. The van der Waals surface area contributed by atoms with Gasteiger partial charge in [0.05, 0.1) is 31.1 Å². The van der Waals surface area contributed by atoms with Gasteiger partial charge >= 0.3 is 0 Å². The Bertz CT molecular complexity index is 559. The van der Waals surface area contributed by atoms with Crippen LogP contribution in [0.4, 0.5) is 0 Å². The number of quaternary nitrogens is 1. The highest BCUT2D eigenvalue weighted by Crippen LogP contribution is 2.30. The van der Waals surface area contributed by atoms with Crippen molar-refractivity contribution in [2.24, 2.45) is 0 Å². The van der Waals surface area contributed by atoms with Crippen molar-refractivity contribution in [1.29, 1.82) is 0 Å². The van der Waals surface area contributed by atoms with Gasteiger partial charge in [-0.15, -0.1) is 0 Å². The molecule has 1 aliphatic heterocycles. The Morgan fingerprint density at radius 1 is 0.913 bits per heavy atom. The first-order chi connectivity index (χ1) is 10.9. The molecule has 1 saturated carbocycles. The molecule has 0 bridgehead atoms. The standard InChI is InChI=1S/C12H24N.C6H6O3S/c1-13(10-6-3-7-11-13)12-8-4-2-5-9-12;7-10(8,9)6-4-2-1-3-5-6/h12H,2-11H2,1H3;1-5H,(H,7,8,9)/q+1;. The lowest BCUT2D eigenvalue weighted by atomic mass is 9.91. The maximum atomic E-state index is 10.4. The van der Waals surface area contributed by atoms with Gasteiger partial charge in [-0.05, 0) is 57.1 Å². The van der Waals surface area contributed by atoms with E-state index >= 15 is 0 Å². The van der Waals surface area contributed by atoms with Gasteiger partial charge in [0.1, 0.15) is 0 Å². The SMILES string of the molecule is C[N+]1(C2CCCCC2)CCCCC1.O=S(=O)(O)c1ccccc1. The van der Waals surface area contributed by atoms with Gasteiger partial charge in [-0.1, -0.05) is 24.6 Å². The van der Waals surface area contributed by atoms with E-state index < -0.39 is 10.1 Å². The summed E-state index contributed by atoms with van der Waals surface area (Å²) in [5, 5.41) is 0. The maximum Gasteiger partial charge on any atom is 0.294 e. The Kier molecular flexibility index (Phi) is 6.62. The zero-order chi connectivity index (χ0) is 16.8. The van der Waals surface area contributed by atoms with Crippen LogP contribution in [0.3, 0.4) is 0 Å². The van der Waals surface area contributed by atoms with E-state index in [1.165, 1.54) is 81.1 Å². The molecular weight excluding hydrogens is 310 g/mol. The first-order valence-electron chi connectivity index (χ1n) is 8.79. The van der Waals surface area contributed by atoms with Crippen LogP contribution >= 0.6 is 0 Å². The van der Waals surface area contributed by atoms with Gasteiger partial charge in [0.15, 0.2) is 0 Å². The summed E-state index contributed by atoms with van der Waals surface area (Å²) in [5.41, 5.74) is 0. The highest BCUT2D eigenvalue weighted by molar-refractivity contribution is 7.85. The van der Waals surface area contributed by atoms with Gasteiger partial charge in [0.25, 0.3) is 10.1 Å². The molecule has 4 nitrogen and oxygen atoms in total. The Morgan fingerprint density at radius 3 is 1.91 bits per heavy atom. The van der Waals surface area contributed by atoms with Crippen molar-refractivity contribution in [3.8, 4) is 0 Å². The van der Waals surface area contributed by atoms with Crippen LogP contribution < -0.4 is 0 Å². The molecule has 0 radical (unpaired) electrons. The molecule has 1 saturated heterocycles. The van der Waals surface area contributed by atoms with Crippen molar-refractivity contribution >= 4 is 10.1 Å². The summed E-state index contributed by atoms with van der Waals surface area (Å²) in [5.74, 6) is 0. The molecular formula is C18H30NO3S+. The second-order valence-electron chi connectivity index (χ2n) is 7.07. The Morgan fingerprint density at radius 2 is 1.43 bits per heavy atom. The molecule has 2 fully saturated rings. The number of benzene rings is 1. The third-order valence-electron chi connectivity index (χ3n) is 5.34. The molecule has 0 amide bonds. The highest BCUT2D eigenvalue weighted by Gasteiger charge is 2.34. The fourth-order valence-corrected chi connectivity index (χ4v) is 4.40. The van der Waals surface area contributed by atoms with E-state index in [4.69, 9.17) is 4.55 Å². The second kappa shape index (κ2) is 8.27. The minimum absolute atomic E-state index is 0.0741. The van der Waals surface area contributed by atoms with Crippen molar-refractivity contribution < 1.29 is 17.5 Å². The number of hydrogen-bond acceptors (Lipinski definition) is 2. The molecule has 1 heterocycles. The Hall–Kier alpha value is -0.910. The molecule has 1 N–H and O–H groups in total. The van der Waals surface area contributed by atoms with Gasteiger partial charge in [0, 0.05) is 0 Å². The molecule has 0 atom stereocenters. The second-order valence-corrected chi connectivity index (χ2v) is 8.49. The third-order valence-corrected chi connectivity index (χ3v) is 6.20. The van der Waals surface area contributed by atoms with Crippen molar-refractivity contribution in [2.45, 2.75) is 62.3 Å². The van der Waals surface area contributed by atoms with Crippen molar-refractivity contribution in [1.82, 2.24) is 0 Å². The van der Waals surface area contributed by atoms with E-state index in [0.29, 0.717) is 0 Å². The summed E-state index contributed by atoms with van der Waals surface area (Å²) in [6, 6.07) is 8.44. The van der Waals surface area contributed by atoms with Gasteiger partial charge in [0.2, 0.25) is 0 Å². The Labute approximate surface area is 140 Å². The maximum absolute atomic E-state index is 10.4. The van der Waals surface area contributed by atoms with Crippen LogP contribution in [0.15, 0.2) is 35.2 Å². The van der Waals surface area contributed by atoms with Crippen LogP contribution in [0, 0.1) is 0 Å². The van der Waals surface area contributed by atoms with E-state index in [-0.39, 0.29) is 4.90 Å². The molecule has 2 aliphatic rings. The molecule has 0 spiro atoms. The van der Waals surface area contributed by atoms with Crippen molar-refractivity contribution in [2.75, 3.05) is 20.1 Å². The highest BCUT2D eigenvalue weighted by atomic mass is 32.2. The van der Waals surface area contributed by atoms with Crippen LogP contribution in [-0.2, 0) is 10.1 Å². The first kappa shape index (κ1) is 18.4. The zero-order valence-electron chi connectivity index (χ0n) is 14.2. The average molecular weight is 341 g/mol. The summed E-state index contributed by atoms with van der Waals surface area (Å²) in [4.78, 5) is -0.0741. The monoisotopic (exact) mass is 340 g/mol. The first-order valence-corrected chi connectivity index (χ1v) is 10.2. The topological polar surface area (TPSA) is 54.4 Å². The fourth-order valence-electron chi connectivity index (χ4n) is 3.90. The zero-order valence-corrected chi connectivity index (χ0v) is 15.0. The molecule has 0 aromatic heterocycles. The summed E-state index contributed by atoms with van der Waals surface area (Å²) >= 11 is 0. The lowest BCUT2D eigenvalue weighted by Gasteiger charge is -2.45. The van der Waals surface area contributed by atoms with Crippen LogP contribution in [-0.4, -0.2) is 43.6 Å². The van der Waals surface area contributed by atoms with Crippen molar-refractivity contribution in [3.05, 3.63) is 30.3 Å².